The fourth-order valence-corrected chi connectivity index (χ4v) is 1.96. The molecule has 80 valence electrons. The molecule has 3 heterocycles. The number of hydrogen-bond donors (Lipinski definition) is 1. The standard InChI is InChI=1S/C8H6N6OS/c1-4-5(16-3-10-4)8-12-7(14-15-8)6-9-2-11-13-6/h2-3H,1H3,(H,9,11,13). The predicted octanol–water partition coefficient (Wildman–Crippen LogP) is 1.29. The monoisotopic (exact) mass is 234 g/mol. The second-order valence-electron chi connectivity index (χ2n) is 3.02. The molecule has 3 rings (SSSR count). The third kappa shape index (κ3) is 1.39. The molecule has 8 heteroatoms. The largest absolute Gasteiger partial charge is 0.333 e. The molecule has 3 aromatic heterocycles. The first kappa shape index (κ1) is 9.16. The molecular formula is C8H6N6OS. The van der Waals surface area contributed by atoms with Gasteiger partial charge in [0.1, 0.15) is 11.2 Å². The van der Waals surface area contributed by atoms with Crippen LogP contribution < -0.4 is 0 Å². The molecular weight excluding hydrogens is 228 g/mol. The van der Waals surface area contributed by atoms with Crippen LogP contribution in [0.2, 0.25) is 0 Å². The fourth-order valence-electron chi connectivity index (χ4n) is 1.23. The number of H-pyrrole nitrogens is 1. The van der Waals surface area contributed by atoms with Gasteiger partial charge >= 0.3 is 0 Å². The van der Waals surface area contributed by atoms with E-state index in [0.29, 0.717) is 17.5 Å². The van der Waals surface area contributed by atoms with Gasteiger partial charge in [0.25, 0.3) is 5.89 Å². The highest BCUT2D eigenvalue weighted by Gasteiger charge is 2.15. The second kappa shape index (κ2) is 3.49. The van der Waals surface area contributed by atoms with Crippen LogP contribution in [0.4, 0.5) is 0 Å². The number of aryl methyl sites for hydroxylation is 1. The van der Waals surface area contributed by atoms with E-state index in [1.54, 1.807) is 5.51 Å². The summed E-state index contributed by atoms with van der Waals surface area (Å²) in [6.45, 7) is 1.89. The molecule has 0 bridgehead atoms. The minimum atomic E-state index is 0.389. The molecule has 1 N–H and O–H groups in total. The Morgan fingerprint density at radius 1 is 1.38 bits per heavy atom. The maximum absolute atomic E-state index is 5.14. The van der Waals surface area contributed by atoms with Crippen LogP contribution in [0.5, 0.6) is 0 Å². The van der Waals surface area contributed by atoms with Crippen LogP contribution in [0.3, 0.4) is 0 Å². The summed E-state index contributed by atoms with van der Waals surface area (Å²) in [5, 5.41) is 10.2. The number of aromatic amines is 1. The van der Waals surface area contributed by atoms with E-state index >= 15 is 0 Å². The van der Waals surface area contributed by atoms with Crippen molar-refractivity contribution in [3.63, 3.8) is 0 Å². The predicted molar refractivity (Wildman–Crippen MR) is 55.5 cm³/mol. The summed E-state index contributed by atoms with van der Waals surface area (Å²) in [4.78, 5) is 13.1. The molecule has 0 aromatic carbocycles. The average molecular weight is 234 g/mol. The molecule has 0 unspecified atom stereocenters. The van der Waals surface area contributed by atoms with E-state index in [4.69, 9.17) is 4.52 Å². The van der Waals surface area contributed by atoms with Gasteiger partial charge in [0.05, 0.1) is 11.2 Å². The molecule has 0 saturated heterocycles. The van der Waals surface area contributed by atoms with Crippen LogP contribution in [-0.2, 0) is 0 Å². The van der Waals surface area contributed by atoms with Gasteiger partial charge in [-0.1, -0.05) is 5.16 Å². The van der Waals surface area contributed by atoms with Crippen molar-refractivity contribution in [2.45, 2.75) is 6.92 Å². The van der Waals surface area contributed by atoms with E-state index in [9.17, 15) is 0 Å². The molecule has 7 nitrogen and oxygen atoms in total. The molecule has 0 aliphatic rings. The molecule has 0 fully saturated rings. The molecule has 0 aliphatic carbocycles. The van der Waals surface area contributed by atoms with Crippen molar-refractivity contribution >= 4 is 11.3 Å². The van der Waals surface area contributed by atoms with Gasteiger partial charge in [-0.3, -0.25) is 5.10 Å². The molecule has 0 amide bonds. The summed E-state index contributed by atoms with van der Waals surface area (Å²) in [6.07, 6.45) is 1.39. The zero-order valence-electron chi connectivity index (χ0n) is 8.21. The smallest absolute Gasteiger partial charge is 0.270 e. The van der Waals surface area contributed by atoms with Crippen LogP contribution in [0, 0.1) is 6.92 Å². The molecule has 0 atom stereocenters. The zero-order valence-corrected chi connectivity index (χ0v) is 9.02. The Balaban J connectivity index is 2.03. The quantitative estimate of drug-likeness (QED) is 0.718. The Morgan fingerprint density at radius 3 is 3.00 bits per heavy atom. The summed E-state index contributed by atoms with van der Waals surface area (Å²) < 4.78 is 5.14. The Labute approximate surface area is 93.6 Å². The Kier molecular flexibility index (Phi) is 2.00. The fraction of sp³-hybridized carbons (Fsp3) is 0.125. The van der Waals surface area contributed by atoms with E-state index in [1.165, 1.54) is 17.7 Å². The highest BCUT2D eigenvalue weighted by atomic mass is 32.1. The maximum Gasteiger partial charge on any atom is 0.270 e. The van der Waals surface area contributed by atoms with E-state index in [2.05, 4.69) is 30.3 Å². The lowest BCUT2D eigenvalue weighted by atomic mass is 10.4. The normalized spacial score (nSPS) is 10.8. The van der Waals surface area contributed by atoms with Gasteiger partial charge in [0, 0.05) is 0 Å². The van der Waals surface area contributed by atoms with Crippen molar-refractivity contribution < 1.29 is 4.52 Å². The Bertz CT molecular complexity index is 598. The van der Waals surface area contributed by atoms with Crippen molar-refractivity contribution in [3.8, 4) is 22.4 Å². The van der Waals surface area contributed by atoms with Crippen molar-refractivity contribution in [1.29, 1.82) is 0 Å². The average Bonchev–Trinajstić information content (AvgIpc) is 2.96. The van der Waals surface area contributed by atoms with E-state index < -0.39 is 0 Å². The minimum absolute atomic E-state index is 0.389. The van der Waals surface area contributed by atoms with Crippen molar-refractivity contribution in [1.82, 2.24) is 30.3 Å². The summed E-state index contributed by atoms with van der Waals surface area (Å²) in [7, 11) is 0. The first-order valence-corrected chi connectivity index (χ1v) is 5.32. The summed E-state index contributed by atoms with van der Waals surface area (Å²) in [6, 6.07) is 0. The van der Waals surface area contributed by atoms with E-state index in [0.717, 1.165) is 10.6 Å². The first-order chi connectivity index (χ1) is 7.84. The third-order valence-electron chi connectivity index (χ3n) is 1.99. The van der Waals surface area contributed by atoms with E-state index in [-0.39, 0.29) is 0 Å². The van der Waals surface area contributed by atoms with Gasteiger partial charge in [0.15, 0.2) is 5.82 Å². The van der Waals surface area contributed by atoms with Crippen molar-refractivity contribution in [2.75, 3.05) is 0 Å². The molecule has 3 aromatic rings. The molecule has 16 heavy (non-hydrogen) atoms. The summed E-state index contributed by atoms with van der Waals surface area (Å²) in [5.74, 6) is 1.32. The number of hydrogen-bond acceptors (Lipinski definition) is 7. The number of rotatable bonds is 2. The Hall–Kier alpha value is -2.09. The lowest BCUT2D eigenvalue weighted by Gasteiger charge is -1.86. The second-order valence-corrected chi connectivity index (χ2v) is 3.88. The minimum Gasteiger partial charge on any atom is -0.333 e. The highest BCUT2D eigenvalue weighted by molar-refractivity contribution is 7.13. The molecule has 0 saturated carbocycles. The summed E-state index contributed by atoms with van der Waals surface area (Å²) in [5.41, 5.74) is 2.61. The SMILES string of the molecule is Cc1ncsc1-c1nc(-c2ncn[nH]2)no1. The van der Waals surface area contributed by atoms with Crippen LogP contribution in [0.15, 0.2) is 16.4 Å². The van der Waals surface area contributed by atoms with Gasteiger partial charge in [-0.15, -0.1) is 11.3 Å². The Morgan fingerprint density at radius 2 is 2.31 bits per heavy atom. The summed E-state index contributed by atoms with van der Waals surface area (Å²) >= 11 is 1.46. The van der Waals surface area contributed by atoms with Crippen LogP contribution in [0.25, 0.3) is 22.4 Å². The van der Waals surface area contributed by atoms with Crippen LogP contribution in [0.1, 0.15) is 5.69 Å². The molecule has 0 radical (unpaired) electrons. The van der Waals surface area contributed by atoms with Gasteiger partial charge in [-0.2, -0.15) is 10.1 Å². The maximum atomic E-state index is 5.14. The van der Waals surface area contributed by atoms with Gasteiger partial charge in [-0.05, 0) is 6.92 Å². The van der Waals surface area contributed by atoms with Crippen LogP contribution >= 0.6 is 11.3 Å². The topological polar surface area (TPSA) is 93.4 Å². The van der Waals surface area contributed by atoms with Crippen molar-refractivity contribution in [3.05, 3.63) is 17.5 Å². The number of aromatic nitrogens is 6. The molecule has 0 spiro atoms. The zero-order chi connectivity index (χ0) is 11.0. The number of nitrogens with one attached hydrogen (secondary N) is 1. The van der Waals surface area contributed by atoms with Gasteiger partial charge in [0.2, 0.25) is 5.82 Å². The lowest BCUT2D eigenvalue weighted by molar-refractivity contribution is 0.432. The van der Waals surface area contributed by atoms with E-state index in [1.807, 2.05) is 6.92 Å². The van der Waals surface area contributed by atoms with Gasteiger partial charge < -0.3 is 4.52 Å². The highest BCUT2D eigenvalue weighted by Crippen LogP contribution is 2.26. The van der Waals surface area contributed by atoms with Crippen molar-refractivity contribution in [2.24, 2.45) is 0 Å². The lowest BCUT2D eigenvalue weighted by Crippen LogP contribution is -1.83. The van der Waals surface area contributed by atoms with Crippen LogP contribution in [-0.4, -0.2) is 30.3 Å². The number of thiazole rings is 1. The first-order valence-electron chi connectivity index (χ1n) is 4.44. The van der Waals surface area contributed by atoms with Gasteiger partial charge in [-0.25, -0.2) is 9.97 Å². The molecule has 0 aliphatic heterocycles. The third-order valence-corrected chi connectivity index (χ3v) is 2.91. The number of nitrogens with zero attached hydrogens (tertiary/aromatic N) is 5.